The van der Waals surface area contributed by atoms with Gasteiger partial charge in [-0.3, -0.25) is 47.7 Å². The van der Waals surface area contributed by atoms with Crippen molar-refractivity contribution >= 4 is 59.2 Å². The van der Waals surface area contributed by atoms with Crippen LogP contribution in [0.15, 0.2) is 22.0 Å². The van der Waals surface area contributed by atoms with Gasteiger partial charge < -0.3 is 41.5 Å². The van der Waals surface area contributed by atoms with Gasteiger partial charge in [-0.2, -0.15) is 0 Å². The zero-order valence-corrected chi connectivity index (χ0v) is 47.2. The molecule has 2 unspecified atom stereocenters. The number of ether oxygens (including phenoxy) is 3. The number of hydrogen-bond acceptors (Lipinski definition) is 18. The summed E-state index contributed by atoms with van der Waals surface area (Å²) in [6, 6.07) is 0.480. The van der Waals surface area contributed by atoms with Gasteiger partial charge in [-0.05, 0) is 93.2 Å². The fraction of sp³-hybridized carbons (Fsp3) is 0.707. The molecule has 2 aliphatic heterocycles. The van der Waals surface area contributed by atoms with Gasteiger partial charge in [-0.15, -0.1) is 0 Å². The SMILES string of the molecule is CC(=O)OCCn1c(Cl)cnc(NCCC2CCCCN2CC(=O)OC(C)(C)C)c1=O.CC(C)(C)OC(=O)CN1CCCCC1CCNc1ncc(Cl)n(CCO)c1=O.O=CO[O-].[H-].[K+].[K+]. The van der Waals surface area contributed by atoms with Crippen LogP contribution in [0.4, 0.5) is 11.6 Å². The van der Waals surface area contributed by atoms with Gasteiger partial charge in [-0.1, -0.05) is 36.0 Å². The Hall–Kier alpha value is -1.07. The number of carbonyl (C=O) groups is 4. The molecule has 20 nitrogen and oxygen atoms in total. The number of likely N-dealkylation sites (tertiary alicyclic amines) is 2. The first kappa shape index (κ1) is 63.9. The molecule has 3 N–H and O–H groups in total. The summed E-state index contributed by atoms with van der Waals surface area (Å²) in [6.07, 6.45) is 10.7. The van der Waals surface area contributed by atoms with Gasteiger partial charge in [0.25, 0.3) is 17.6 Å². The molecule has 0 amide bonds. The maximum absolute atomic E-state index is 12.6. The summed E-state index contributed by atoms with van der Waals surface area (Å²) >= 11 is 12.0. The number of esters is 3. The summed E-state index contributed by atoms with van der Waals surface area (Å²) in [4.78, 5) is 84.1. The summed E-state index contributed by atoms with van der Waals surface area (Å²) in [7, 11) is 0. The maximum atomic E-state index is 12.6. The minimum absolute atomic E-state index is 0. The number of aromatic nitrogens is 4. The Kier molecular flexibility index (Phi) is 32.9. The average Bonchev–Trinajstić information content (AvgIpc) is 3.19. The van der Waals surface area contributed by atoms with Crippen LogP contribution in [-0.4, -0.2) is 134 Å². The monoisotopic (exact) mass is 1010 g/mol. The number of piperidine rings is 2. The number of hydrogen-bond donors (Lipinski definition) is 3. The minimum atomic E-state index is -0.500. The van der Waals surface area contributed by atoms with Crippen molar-refractivity contribution < 1.29 is 153 Å². The molecule has 2 saturated heterocycles. The van der Waals surface area contributed by atoms with Crippen molar-refractivity contribution in [2.45, 2.75) is 136 Å². The fourth-order valence-corrected chi connectivity index (χ4v) is 7.38. The summed E-state index contributed by atoms with van der Waals surface area (Å²) in [5.41, 5.74) is -1.71. The van der Waals surface area contributed by atoms with E-state index in [4.69, 9.17) is 52.6 Å². The van der Waals surface area contributed by atoms with E-state index in [-0.39, 0.29) is 207 Å². The number of anilines is 2. The molecule has 0 aliphatic carbocycles. The molecule has 2 atom stereocenters. The van der Waals surface area contributed by atoms with Crippen molar-refractivity contribution in [3.63, 3.8) is 0 Å². The summed E-state index contributed by atoms with van der Waals surface area (Å²) in [5.74, 6) is -0.435. The molecule has 4 rings (SSSR count). The Morgan fingerprint density at radius 1 is 0.800 bits per heavy atom. The summed E-state index contributed by atoms with van der Waals surface area (Å²) in [5, 5.41) is 24.0. The quantitative estimate of drug-likeness (QED) is 0.0334. The average molecular weight is 1010 g/mol. The molecule has 0 bridgehead atoms. The van der Waals surface area contributed by atoms with Crippen LogP contribution in [0.2, 0.25) is 10.3 Å². The molecular weight excluding hydrogens is 946 g/mol. The van der Waals surface area contributed by atoms with E-state index in [0.717, 1.165) is 64.5 Å². The van der Waals surface area contributed by atoms with Gasteiger partial charge >= 0.3 is 121 Å². The van der Waals surface area contributed by atoms with Crippen LogP contribution in [0.3, 0.4) is 0 Å². The van der Waals surface area contributed by atoms with Gasteiger partial charge in [0, 0.05) is 32.1 Å². The molecular formula is C41H66Cl2K2N8O12. The fourth-order valence-electron chi connectivity index (χ4n) is 6.96. The van der Waals surface area contributed by atoms with E-state index in [2.05, 4.69) is 35.3 Å². The van der Waals surface area contributed by atoms with Gasteiger partial charge in [0.2, 0.25) is 0 Å². The molecule has 0 aromatic carbocycles. The molecule has 2 aliphatic rings. The number of halogens is 2. The molecule has 2 aromatic heterocycles. The normalized spacial score (nSPS) is 16.4. The third kappa shape index (κ3) is 25.9. The van der Waals surface area contributed by atoms with Crippen LogP contribution in [0.5, 0.6) is 0 Å². The Labute approximate surface area is 477 Å². The van der Waals surface area contributed by atoms with Crippen molar-refractivity contribution in [1.29, 1.82) is 0 Å². The minimum Gasteiger partial charge on any atom is -1.00 e. The van der Waals surface area contributed by atoms with Crippen molar-refractivity contribution in [3.8, 4) is 0 Å². The van der Waals surface area contributed by atoms with Gasteiger partial charge in [0.15, 0.2) is 11.6 Å². The second kappa shape index (κ2) is 33.5. The zero-order valence-electron chi connectivity index (χ0n) is 40.5. The number of nitrogens with zero attached hydrogens (tertiary/aromatic N) is 6. The molecule has 0 radical (unpaired) electrons. The van der Waals surface area contributed by atoms with Crippen LogP contribution in [0.1, 0.15) is 101 Å². The second-order valence-electron chi connectivity index (χ2n) is 16.9. The second-order valence-corrected chi connectivity index (χ2v) is 17.6. The largest absolute Gasteiger partial charge is 1.00 e. The first-order chi connectivity index (χ1) is 29.7. The molecule has 2 fully saturated rings. The molecule has 24 heteroatoms. The Morgan fingerprint density at radius 3 is 1.55 bits per heavy atom. The Balaban J connectivity index is 0. The zero-order chi connectivity index (χ0) is 47.2. The van der Waals surface area contributed by atoms with Crippen molar-refractivity contribution in [3.05, 3.63) is 43.4 Å². The first-order valence-electron chi connectivity index (χ1n) is 21.1. The number of rotatable bonds is 18. The van der Waals surface area contributed by atoms with Crippen LogP contribution in [0.25, 0.3) is 0 Å². The smallest absolute Gasteiger partial charge is 1.00 e. The van der Waals surface area contributed by atoms with E-state index in [1.54, 1.807) is 0 Å². The standard InChI is InChI=1S/C21H33ClN4O5.C19H31ClN4O4.CH2O3.2K.H/c1-15(27)30-12-11-26-17(22)13-24-19(20(26)29)23-9-8-16-7-5-6-10-25(16)14-18(28)31-21(2,3)4;1-19(2,3)28-16(26)13-23-9-5-4-6-14(23)7-8-21-17-18(27)24(10-11-25)15(20)12-22-17;2-1-4-3;;;/h13,16H,5-12,14H2,1-4H3,(H,23,24);12,14,25H,4-11,13H2,1-3H3,(H,21,22);1,3H;;;/q;;;2*+1;-1/p-1. The predicted molar refractivity (Wildman–Crippen MR) is 235 cm³/mol. The van der Waals surface area contributed by atoms with Crippen LogP contribution in [0, 0.1) is 0 Å². The van der Waals surface area contributed by atoms with E-state index in [0.29, 0.717) is 13.1 Å². The molecule has 2 aromatic rings. The number of aliphatic hydroxyl groups excluding tert-OH is 1. The third-order valence-electron chi connectivity index (χ3n) is 9.54. The predicted octanol–water partition coefficient (Wildman–Crippen LogP) is -3.10. The molecule has 0 spiro atoms. The molecule has 358 valence electrons. The molecule has 65 heavy (non-hydrogen) atoms. The van der Waals surface area contributed by atoms with E-state index >= 15 is 0 Å². The van der Waals surface area contributed by atoms with E-state index < -0.39 is 17.2 Å². The Bertz CT molecular complexity index is 1890. The van der Waals surface area contributed by atoms with Crippen molar-refractivity contribution in [2.24, 2.45) is 0 Å². The Morgan fingerprint density at radius 2 is 1.20 bits per heavy atom. The van der Waals surface area contributed by atoms with Crippen molar-refractivity contribution in [2.75, 3.05) is 63.1 Å². The van der Waals surface area contributed by atoms with Crippen LogP contribution in [-0.2, 0) is 51.4 Å². The molecule has 0 saturated carbocycles. The summed E-state index contributed by atoms with van der Waals surface area (Å²) < 4.78 is 18.4. The van der Waals surface area contributed by atoms with Crippen molar-refractivity contribution in [1.82, 2.24) is 28.9 Å². The number of carbonyl (C=O) groups excluding carboxylic acids is 4. The topological polar surface area (TPSA) is 249 Å². The van der Waals surface area contributed by atoms with E-state index in [9.17, 15) is 24.0 Å². The third-order valence-corrected chi connectivity index (χ3v) is 10.1. The van der Waals surface area contributed by atoms with E-state index in [1.807, 2.05) is 41.5 Å². The van der Waals surface area contributed by atoms with Gasteiger partial charge in [-0.25, -0.2) is 9.97 Å². The van der Waals surface area contributed by atoms with Crippen LogP contribution >= 0.6 is 23.2 Å². The van der Waals surface area contributed by atoms with Crippen LogP contribution < -0.4 is 130 Å². The maximum Gasteiger partial charge on any atom is 1.00 e. The van der Waals surface area contributed by atoms with Gasteiger partial charge in [0.1, 0.15) is 28.1 Å². The number of aliphatic hydroxyl groups is 1. The molecule has 4 heterocycles. The van der Waals surface area contributed by atoms with Gasteiger partial charge in [0.05, 0.1) is 45.2 Å². The summed E-state index contributed by atoms with van der Waals surface area (Å²) in [6.45, 7) is 15.8. The number of nitrogens with one attached hydrogen (secondary N) is 2. The first-order valence-corrected chi connectivity index (χ1v) is 21.8. The van der Waals surface area contributed by atoms with E-state index in [1.165, 1.54) is 28.5 Å².